The predicted molar refractivity (Wildman–Crippen MR) is 85.2 cm³/mol. The lowest BCUT2D eigenvalue weighted by Gasteiger charge is -2.23. The highest BCUT2D eigenvalue weighted by molar-refractivity contribution is 5.52. The molecule has 0 radical (unpaired) electrons. The van der Waals surface area contributed by atoms with Gasteiger partial charge in [-0.25, -0.2) is 0 Å². The largest absolute Gasteiger partial charge is 0.388 e. The first-order chi connectivity index (χ1) is 9.58. The van der Waals surface area contributed by atoms with Crippen molar-refractivity contribution in [1.82, 2.24) is 0 Å². The maximum Gasteiger partial charge on any atom is 0.0806 e. The maximum atomic E-state index is 10.2. The SMILES string of the molecule is Cc1ccc(C(O)CCN(C)c2ccccc2C)cc1. The molecule has 1 atom stereocenters. The standard InChI is InChI=1S/C18H23NO/c1-14-8-10-16(11-9-14)18(20)12-13-19(3)17-7-5-4-6-15(17)2/h4-11,18,20H,12-13H2,1-3H3. The van der Waals surface area contributed by atoms with E-state index < -0.39 is 6.10 Å². The summed E-state index contributed by atoms with van der Waals surface area (Å²) in [7, 11) is 2.07. The van der Waals surface area contributed by atoms with E-state index in [1.807, 2.05) is 30.3 Å². The average molecular weight is 269 g/mol. The van der Waals surface area contributed by atoms with Crippen molar-refractivity contribution in [2.45, 2.75) is 26.4 Å². The third-order valence-electron chi connectivity index (χ3n) is 3.73. The summed E-state index contributed by atoms with van der Waals surface area (Å²) in [5.74, 6) is 0. The van der Waals surface area contributed by atoms with Crippen LogP contribution in [0, 0.1) is 13.8 Å². The zero-order valence-corrected chi connectivity index (χ0v) is 12.5. The fraction of sp³-hybridized carbons (Fsp3) is 0.333. The van der Waals surface area contributed by atoms with E-state index in [4.69, 9.17) is 0 Å². The third-order valence-corrected chi connectivity index (χ3v) is 3.73. The molecular formula is C18H23NO. The zero-order chi connectivity index (χ0) is 14.5. The summed E-state index contributed by atoms with van der Waals surface area (Å²) >= 11 is 0. The molecule has 106 valence electrons. The molecule has 0 fully saturated rings. The molecular weight excluding hydrogens is 246 g/mol. The normalized spacial score (nSPS) is 12.2. The summed E-state index contributed by atoms with van der Waals surface area (Å²) in [6.07, 6.45) is 0.329. The minimum absolute atomic E-state index is 0.401. The molecule has 2 aromatic carbocycles. The second kappa shape index (κ2) is 6.58. The summed E-state index contributed by atoms with van der Waals surface area (Å²) in [6.45, 7) is 5.00. The van der Waals surface area contributed by atoms with Gasteiger partial charge in [0.25, 0.3) is 0 Å². The molecule has 2 aromatic rings. The van der Waals surface area contributed by atoms with Crippen molar-refractivity contribution in [2.75, 3.05) is 18.5 Å². The molecule has 0 saturated heterocycles. The fourth-order valence-electron chi connectivity index (χ4n) is 2.38. The second-order valence-corrected chi connectivity index (χ2v) is 5.42. The van der Waals surface area contributed by atoms with Gasteiger partial charge in [0.1, 0.15) is 0 Å². The molecule has 0 aromatic heterocycles. The minimum Gasteiger partial charge on any atom is -0.388 e. The van der Waals surface area contributed by atoms with Gasteiger partial charge in [-0.05, 0) is 37.5 Å². The van der Waals surface area contributed by atoms with Crippen molar-refractivity contribution < 1.29 is 5.11 Å². The Bertz CT molecular complexity index is 548. The van der Waals surface area contributed by atoms with Crippen LogP contribution in [-0.2, 0) is 0 Å². The molecule has 0 saturated carbocycles. The monoisotopic (exact) mass is 269 g/mol. The van der Waals surface area contributed by atoms with Gasteiger partial charge in [0.15, 0.2) is 0 Å². The van der Waals surface area contributed by atoms with Crippen LogP contribution in [0.5, 0.6) is 0 Å². The number of aliphatic hydroxyl groups is 1. The molecule has 0 bridgehead atoms. The van der Waals surface area contributed by atoms with Crippen molar-refractivity contribution >= 4 is 5.69 Å². The number of nitrogens with zero attached hydrogens (tertiary/aromatic N) is 1. The zero-order valence-electron chi connectivity index (χ0n) is 12.5. The smallest absolute Gasteiger partial charge is 0.0806 e. The van der Waals surface area contributed by atoms with E-state index in [9.17, 15) is 5.11 Å². The van der Waals surface area contributed by atoms with Crippen LogP contribution in [0.2, 0.25) is 0 Å². The van der Waals surface area contributed by atoms with Crippen LogP contribution in [0.15, 0.2) is 48.5 Å². The molecule has 0 aliphatic rings. The van der Waals surface area contributed by atoms with Crippen LogP contribution < -0.4 is 4.90 Å². The van der Waals surface area contributed by atoms with Crippen LogP contribution in [0.25, 0.3) is 0 Å². The number of anilines is 1. The van der Waals surface area contributed by atoms with E-state index in [-0.39, 0.29) is 0 Å². The summed E-state index contributed by atoms with van der Waals surface area (Å²) in [5, 5.41) is 10.2. The van der Waals surface area contributed by atoms with Gasteiger partial charge in [-0.2, -0.15) is 0 Å². The number of aryl methyl sites for hydroxylation is 2. The highest BCUT2D eigenvalue weighted by Crippen LogP contribution is 2.21. The lowest BCUT2D eigenvalue weighted by molar-refractivity contribution is 0.170. The van der Waals surface area contributed by atoms with Crippen LogP contribution in [-0.4, -0.2) is 18.7 Å². The Balaban J connectivity index is 1.95. The van der Waals surface area contributed by atoms with Gasteiger partial charge in [0, 0.05) is 19.3 Å². The van der Waals surface area contributed by atoms with Gasteiger partial charge >= 0.3 is 0 Å². The highest BCUT2D eigenvalue weighted by Gasteiger charge is 2.10. The van der Waals surface area contributed by atoms with E-state index in [0.717, 1.165) is 18.5 Å². The summed E-state index contributed by atoms with van der Waals surface area (Å²) in [6, 6.07) is 16.4. The van der Waals surface area contributed by atoms with Crippen molar-refractivity contribution in [1.29, 1.82) is 0 Å². The maximum absolute atomic E-state index is 10.2. The Labute approximate surface area is 121 Å². The van der Waals surface area contributed by atoms with Gasteiger partial charge in [0.2, 0.25) is 0 Å². The van der Waals surface area contributed by atoms with E-state index in [1.165, 1.54) is 16.8 Å². The Morgan fingerprint density at radius 2 is 1.65 bits per heavy atom. The molecule has 0 spiro atoms. The van der Waals surface area contributed by atoms with Crippen molar-refractivity contribution in [3.8, 4) is 0 Å². The molecule has 0 aliphatic carbocycles. The first kappa shape index (κ1) is 14.6. The van der Waals surface area contributed by atoms with Crippen molar-refractivity contribution in [3.63, 3.8) is 0 Å². The van der Waals surface area contributed by atoms with E-state index in [0.29, 0.717) is 0 Å². The number of hydrogen-bond donors (Lipinski definition) is 1. The summed E-state index contributed by atoms with van der Waals surface area (Å²) in [5.41, 5.74) is 4.70. The number of benzene rings is 2. The molecule has 1 N–H and O–H groups in total. The Kier molecular flexibility index (Phi) is 4.80. The van der Waals surface area contributed by atoms with Gasteiger partial charge in [-0.3, -0.25) is 0 Å². The molecule has 0 heterocycles. The Morgan fingerprint density at radius 3 is 2.30 bits per heavy atom. The number of aliphatic hydroxyl groups excluding tert-OH is 1. The summed E-state index contributed by atoms with van der Waals surface area (Å²) in [4.78, 5) is 2.20. The van der Waals surface area contributed by atoms with E-state index in [2.05, 4.69) is 44.0 Å². The predicted octanol–water partition coefficient (Wildman–Crippen LogP) is 3.86. The lowest BCUT2D eigenvalue weighted by atomic mass is 10.0. The van der Waals surface area contributed by atoms with Crippen LogP contribution in [0.1, 0.15) is 29.2 Å². The van der Waals surface area contributed by atoms with Gasteiger partial charge in [-0.15, -0.1) is 0 Å². The molecule has 0 aliphatic heterocycles. The molecule has 2 rings (SSSR count). The quantitative estimate of drug-likeness (QED) is 0.891. The average Bonchev–Trinajstić information content (AvgIpc) is 2.45. The molecule has 1 unspecified atom stereocenters. The first-order valence-electron chi connectivity index (χ1n) is 7.09. The molecule has 2 heteroatoms. The first-order valence-corrected chi connectivity index (χ1v) is 7.09. The number of para-hydroxylation sites is 1. The van der Waals surface area contributed by atoms with Crippen LogP contribution >= 0.6 is 0 Å². The number of hydrogen-bond acceptors (Lipinski definition) is 2. The van der Waals surface area contributed by atoms with Gasteiger partial charge < -0.3 is 10.0 Å². The van der Waals surface area contributed by atoms with Crippen LogP contribution in [0.3, 0.4) is 0 Å². The third kappa shape index (κ3) is 3.61. The highest BCUT2D eigenvalue weighted by atomic mass is 16.3. The van der Waals surface area contributed by atoms with E-state index >= 15 is 0 Å². The molecule has 20 heavy (non-hydrogen) atoms. The molecule has 2 nitrogen and oxygen atoms in total. The fourth-order valence-corrected chi connectivity index (χ4v) is 2.38. The minimum atomic E-state index is -0.401. The van der Waals surface area contributed by atoms with Crippen LogP contribution in [0.4, 0.5) is 5.69 Å². The molecule has 0 amide bonds. The van der Waals surface area contributed by atoms with Gasteiger partial charge in [-0.1, -0.05) is 48.0 Å². The van der Waals surface area contributed by atoms with Crippen molar-refractivity contribution in [2.24, 2.45) is 0 Å². The lowest BCUT2D eigenvalue weighted by Crippen LogP contribution is -2.21. The van der Waals surface area contributed by atoms with Gasteiger partial charge in [0.05, 0.1) is 6.10 Å². The van der Waals surface area contributed by atoms with E-state index in [1.54, 1.807) is 0 Å². The summed E-state index contributed by atoms with van der Waals surface area (Å²) < 4.78 is 0. The second-order valence-electron chi connectivity index (χ2n) is 5.42. The Hall–Kier alpha value is -1.80. The Morgan fingerprint density at radius 1 is 1.00 bits per heavy atom. The number of rotatable bonds is 5. The topological polar surface area (TPSA) is 23.5 Å². The van der Waals surface area contributed by atoms with Crippen molar-refractivity contribution in [3.05, 3.63) is 65.2 Å².